The molecule has 1 aliphatic heterocycles. The number of nitrogens with zero attached hydrogens (tertiary/aromatic N) is 2. The Labute approximate surface area is 169 Å². The van der Waals surface area contributed by atoms with Gasteiger partial charge in [0.2, 0.25) is 17.7 Å². The number of hydrogen-bond acceptors (Lipinski definition) is 7. The maximum Gasteiger partial charge on any atom is 0.269 e. The first-order chi connectivity index (χ1) is 13.7. The Bertz CT molecular complexity index is 638. The summed E-state index contributed by atoms with van der Waals surface area (Å²) < 4.78 is 0. The second kappa shape index (κ2) is 12.1. The van der Waals surface area contributed by atoms with Crippen molar-refractivity contribution in [1.82, 2.24) is 20.8 Å². The first kappa shape index (κ1) is 24.5. The quantitative estimate of drug-likeness (QED) is 0.129. The molecule has 2 atom stereocenters. The molecule has 0 spiro atoms. The standard InChI is InChI=1S/C18H30N4O7/c1-12(7-10-23)11-16(25)19-8-3-5-14-18(27)22(29)15(17(26)20-14)6-4-9-21(28)13(2)24/h11,14-15,23,28-29H,3-10H2,1-2H3,(H,19,25)(H,20,26). The van der Waals surface area contributed by atoms with Gasteiger partial charge < -0.3 is 15.7 Å². The largest absolute Gasteiger partial charge is 0.396 e. The molecule has 5 N–H and O–H groups in total. The topological polar surface area (TPSA) is 160 Å². The molecule has 2 unspecified atom stereocenters. The van der Waals surface area contributed by atoms with Gasteiger partial charge in [0.25, 0.3) is 5.91 Å². The van der Waals surface area contributed by atoms with Crippen LogP contribution in [0.3, 0.4) is 0 Å². The summed E-state index contributed by atoms with van der Waals surface area (Å²) in [6.07, 6.45) is 2.76. The van der Waals surface area contributed by atoms with Gasteiger partial charge in [0.15, 0.2) is 0 Å². The van der Waals surface area contributed by atoms with Gasteiger partial charge in [0.1, 0.15) is 12.1 Å². The van der Waals surface area contributed by atoms with Crippen LogP contribution in [0, 0.1) is 0 Å². The third-order valence-corrected chi connectivity index (χ3v) is 4.50. The molecule has 4 amide bonds. The van der Waals surface area contributed by atoms with Gasteiger partial charge in [-0.1, -0.05) is 5.57 Å². The second-order valence-electron chi connectivity index (χ2n) is 6.94. The van der Waals surface area contributed by atoms with Crippen LogP contribution in [0.4, 0.5) is 0 Å². The van der Waals surface area contributed by atoms with E-state index in [1.807, 2.05) is 0 Å². The van der Waals surface area contributed by atoms with Crippen molar-refractivity contribution in [2.75, 3.05) is 19.7 Å². The zero-order valence-corrected chi connectivity index (χ0v) is 16.8. The molecule has 29 heavy (non-hydrogen) atoms. The molecule has 1 saturated heterocycles. The molecule has 0 aromatic rings. The Morgan fingerprint density at radius 1 is 1.24 bits per heavy atom. The van der Waals surface area contributed by atoms with E-state index in [1.54, 1.807) is 6.92 Å². The monoisotopic (exact) mass is 414 g/mol. The van der Waals surface area contributed by atoms with Crippen LogP contribution in [0.1, 0.15) is 46.0 Å². The van der Waals surface area contributed by atoms with Gasteiger partial charge in [-0.05, 0) is 39.0 Å². The highest BCUT2D eigenvalue weighted by Crippen LogP contribution is 2.15. The number of aliphatic hydroxyl groups excluding tert-OH is 1. The number of rotatable bonds is 11. The van der Waals surface area contributed by atoms with Gasteiger partial charge in [0, 0.05) is 32.7 Å². The summed E-state index contributed by atoms with van der Waals surface area (Å²) in [6, 6.07) is -1.97. The molecule has 0 saturated carbocycles. The van der Waals surface area contributed by atoms with E-state index in [0.29, 0.717) is 23.0 Å². The Balaban J connectivity index is 2.41. The molecule has 0 bridgehead atoms. The van der Waals surface area contributed by atoms with Gasteiger partial charge in [-0.15, -0.1) is 0 Å². The SMILES string of the molecule is CC(=O)N(O)CCCC1C(=O)NC(CCCNC(=O)C=C(C)CCO)C(=O)N1O. The van der Waals surface area contributed by atoms with E-state index >= 15 is 0 Å². The van der Waals surface area contributed by atoms with Crippen LogP contribution in [0.25, 0.3) is 0 Å². The summed E-state index contributed by atoms with van der Waals surface area (Å²) in [5.41, 5.74) is 0.745. The molecule has 164 valence electrons. The lowest BCUT2D eigenvalue weighted by Crippen LogP contribution is -2.62. The van der Waals surface area contributed by atoms with Crippen molar-refractivity contribution in [3.63, 3.8) is 0 Å². The maximum absolute atomic E-state index is 12.3. The van der Waals surface area contributed by atoms with E-state index in [9.17, 15) is 29.6 Å². The summed E-state index contributed by atoms with van der Waals surface area (Å²) in [4.78, 5) is 47.1. The minimum Gasteiger partial charge on any atom is -0.396 e. The molecule has 0 radical (unpaired) electrons. The lowest BCUT2D eigenvalue weighted by Gasteiger charge is -2.34. The molecule has 11 heteroatoms. The maximum atomic E-state index is 12.3. The van der Waals surface area contributed by atoms with Gasteiger partial charge in [-0.25, -0.2) is 10.1 Å². The average Bonchev–Trinajstić information content (AvgIpc) is 2.65. The predicted octanol–water partition coefficient (Wildman–Crippen LogP) is -0.686. The summed E-state index contributed by atoms with van der Waals surface area (Å²) >= 11 is 0. The van der Waals surface area contributed by atoms with Crippen molar-refractivity contribution in [2.45, 2.75) is 58.0 Å². The fourth-order valence-electron chi connectivity index (χ4n) is 2.84. The smallest absolute Gasteiger partial charge is 0.269 e. The lowest BCUT2D eigenvalue weighted by atomic mass is 10.0. The Morgan fingerprint density at radius 3 is 2.55 bits per heavy atom. The molecular formula is C18H30N4O7. The van der Waals surface area contributed by atoms with Crippen molar-refractivity contribution in [1.29, 1.82) is 0 Å². The van der Waals surface area contributed by atoms with E-state index in [-0.39, 0.29) is 44.9 Å². The number of amides is 4. The minimum absolute atomic E-state index is 0.0174. The van der Waals surface area contributed by atoms with Crippen molar-refractivity contribution in [2.24, 2.45) is 0 Å². The highest BCUT2D eigenvalue weighted by atomic mass is 16.5. The molecule has 1 rings (SSSR count). The van der Waals surface area contributed by atoms with Crippen molar-refractivity contribution in [3.05, 3.63) is 11.6 Å². The normalized spacial score (nSPS) is 19.8. The minimum atomic E-state index is -1.08. The fraction of sp³-hybridized carbons (Fsp3) is 0.667. The molecule has 1 aliphatic rings. The molecule has 0 aromatic heterocycles. The van der Waals surface area contributed by atoms with Crippen molar-refractivity contribution in [3.8, 4) is 0 Å². The molecule has 0 aliphatic carbocycles. The number of nitrogens with one attached hydrogen (secondary N) is 2. The van der Waals surface area contributed by atoms with Crippen LogP contribution in [-0.2, 0) is 19.2 Å². The van der Waals surface area contributed by atoms with E-state index in [1.165, 1.54) is 13.0 Å². The van der Waals surface area contributed by atoms with E-state index in [4.69, 9.17) is 5.11 Å². The second-order valence-corrected chi connectivity index (χ2v) is 6.94. The highest BCUT2D eigenvalue weighted by molar-refractivity contribution is 5.96. The van der Waals surface area contributed by atoms with E-state index < -0.39 is 29.8 Å². The fourth-order valence-corrected chi connectivity index (χ4v) is 2.84. The van der Waals surface area contributed by atoms with E-state index in [2.05, 4.69) is 10.6 Å². The number of carbonyl (C=O) groups excluding carboxylic acids is 4. The number of hydrogen-bond donors (Lipinski definition) is 5. The number of carbonyl (C=O) groups is 4. The summed E-state index contributed by atoms with van der Waals surface area (Å²) in [5.74, 6) is -2.01. The summed E-state index contributed by atoms with van der Waals surface area (Å²) in [7, 11) is 0. The Hall–Kier alpha value is -2.50. The van der Waals surface area contributed by atoms with Crippen LogP contribution in [0.2, 0.25) is 0 Å². The van der Waals surface area contributed by atoms with Gasteiger partial charge in [-0.3, -0.25) is 29.6 Å². The third kappa shape index (κ3) is 8.18. The lowest BCUT2D eigenvalue weighted by molar-refractivity contribution is -0.190. The summed E-state index contributed by atoms with van der Waals surface area (Å²) in [5, 5.41) is 34.3. The number of aliphatic hydroxyl groups is 1. The molecule has 1 heterocycles. The van der Waals surface area contributed by atoms with E-state index in [0.717, 1.165) is 5.57 Å². The van der Waals surface area contributed by atoms with Crippen molar-refractivity contribution < 1.29 is 34.7 Å². The van der Waals surface area contributed by atoms with Crippen LogP contribution in [-0.4, -0.2) is 81.1 Å². The van der Waals surface area contributed by atoms with Crippen LogP contribution < -0.4 is 10.6 Å². The number of hydroxylamine groups is 4. The zero-order valence-electron chi connectivity index (χ0n) is 16.8. The average molecular weight is 414 g/mol. The number of piperazine rings is 1. The highest BCUT2D eigenvalue weighted by Gasteiger charge is 2.39. The van der Waals surface area contributed by atoms with Crippen LogP contribution >= 0.6 is 0 Å². The Kier molecular flexibility index (Phi) is 10.3. The van der Waals surface area contributed by atoms with Gasteiger partial charge in [-0.2, -0.15) is 0 Å². The van der Waals surface area contributed by atoms with Gasteiger partial charge >= 0.3 is 0 Å². The Morgan fingerprint density at radius 2 is 1.93 bits per heavy atom. The first-order valence-corrected chi connectivity index (χ1v) is 9.52. The van der Waals surface area contributed by atoms with Gasteiger partial charge in [0.05, 0.1) is 0 Å². The first-order valence-electron chi connectivity index (χ1n) is 9.52. The van der Waals surface area contributed by atoms with Crippen LogP contribution in [0.5, 0.6) is 0 Å². The predicted molar refractivity (Wildman–Crippen MR) is 100 cm³/mol. The van der Waals surface area contributed by atoms with Crippen molar-refractivity contribution >= 4 is 23.6 Å². The summed E-state index contributed by atoms with van der Waals surface area (Å²) in [6.45, 7) is 3.15. The molecular weight excluding hydrogens is 384 g/mol. The molecule has 11 nitrogen and oxygen atoms in total. The third-order valence-electron chi connectivity index (χ3n) is 4.50. The molecule has 0 aromatic carbocycles. The molecule has 1 fully saturated rings. The van der Waals surface area contributed by atoms with Crippen LogP contribution in [0.15, 0.2) is 11.6 Å². The zero-order chi connectivity index (χ0) is 22.0.